The van der Waals surface area contributed by atoms with Gasteiger partial charge in [0.2, 0.25) is 11.8 Å². The maximum atomic E-state index is 13.0. The van der Waals surface area contributed by atoms with Crippen molar-refractivity contribution < 1.29 is 48.9 Å². The number of nitrogens with one attached hydrogen (secondary N) is 7. The minimum Gasteiger partial charge on any atom is -0.508 e. The Morgan fingerprint density at radius 3 is 1.45 bits per heavy atom. The smallest absolute Gasteiger partial charge is 0.256 e. The molecule has 0 fully saturated rings. The highest BCUT2D eigenvalue weighted by Gasteiger charge is 2.28. The number of ketones is 1. The number of rotatable bonds is 21. The quantitative estimate of drug-likeness (QED) is 0.0105. The van der Waals surface area contributed by atoms with E-state index < -0.39 is 0 Å². The van der Waals surface area contributed by atoms with Crippen LogP contribution in [0.15, 0.2) is 138 Å². The number of thiocarbonyl (C=S) groups is 1. The highest BCUT2D eigenvalue weighted by molar-refractivity contribution is 7.80. The van der Waals surface area contributed by atoms with Crippen molar-refractivity contribution in [1.29, 1.82) is 0 Å². The summed E-state index contributed by atoms with van der Waals surface area (Å²) in [6.07, 6.45) is 3.34. The monoisotopic (exact) mass is 1490 g/mol. The Kier molecular flexibility index (Phi) is 27.2. The molecule has 0 radical (unpaired) electrons. The number of carbonyl (C=O) groups is 7. The number of anilines is 3. The van der Waals surface area contributed by atoms with Gasteiger partial charge in [-0.25, -0.2) is 9.97 Å². The Balaban J connectivity index is 0.000000166. The molecule has 0 bridgehead atoms. The van der Waals surface area contributed by atoms with Crippen LogP contribution in [0.5, 0.6) is 17.2 Å². The van der Waals surface area contributed by atoms with Crippen LogP contribution in [0.1, 0.15) is 120 Å². The first-order valence-corrected chi connectivity index (χ1v) is 36.7. The van der Waals surface area contributed by atoms with Crippen LogP contribution in [-0.2, 0) is 27.2 Å². The molecule has 105 heavy (non-hydrogen) atoms. The fourth-order valence-corrected chi connectivity index (χ4v) is 13.8. The number of fused-ring (bicyclic) bond motifs is 3. The SMILES string of the molecule is CCN(CC)CCNC(=O)c1c(C)[nH]c(/C=C2\C(=O)Nc3ccc(-c4csc(-c5ccc(O)cc5)n4)cc32)c1C.CCN(CC)CCNC(=O)c1c(C)[nH]c(C=O)c1C.NC(=S)c1ccc(O)cc1.O=C1Cc2cc(-c3csc(-c4ccc(O)cc4)n3)ccc2N1.O=C1Cc2cc(C(=O)CCl)ccc2N1. The van der Waals surface area contributed by atoms with Crippen molar-refractivity contribution in [3.63, 3.8) is 0 Å². The number of benzene rings is 6. The largest absolute Gasteiger partial charge is 0.508 e. The van der Waals surface area contributed by atoms with Gasteiger partial charge < -0.3 is 67.4 Å². The Hall–Kier alpha value is -10.9. The van der Waals surface area contributed by atoms with E-state index in [0.717, 1.165) is 151 Å². The average Bonchev–Trinajstić information content (AvgIpc) is 1.61. The van der Waals surface area contributed by atoms with E-state index in [2.05, 4.69) is 79.0 Å². The summed E-state index contributed by atoms with van der Waals surface area (Å²) < 4.78 is 0. The number of nitrogens with two attached hydrogens (primary N) is 1. The van der Waals surface area contributed by atoms with Crippen LogP contribution in [0.3, 0.4) is 0 Å². The van der Waals surface area contributed by atoms with E-state index in [1.807, 2.05) is 91.3 Å². The van der Waals surface area contributed by atoms with Gasteiger partial charge in [0.05, 0.1) is 52.5 Å². The van der Waals surface area contributed by atoms with Crippen molar-refractivity contribution in [3.05, 3.63) is 211 Å². The van der Waals surface area contributed by atoms with E-state index >= 15 is 0 Å². The summed E-state index contributed by atoms with van der Waals surface area (Å²) in [6, 6.07) is 37.3. The van der Waals surface area contributed by atoms with Crippen LogP contribution in [0.4, 0.5) is 17.1 Å². The molecule has 5 amide bonds. The van der Waals surface area contributed by atoms with Gasteiger partial charge >= 0.3 is 0 Å². The number of aromatic amines is 2. The molecule has 0 atom stereocenters. The summed E-state index contributed by atoms with van der Waals surface area (Å²) in [5, 5.41) is 47.9. The van der Waals surface area contributed by atoms with Gasteiger partial charge in [0, 0.05) is 110 Å². The fourth-order valence-electron chi connectivity index (χ4n) is 11.8. The third-order valence-electron chi connectivity index (χ3n) is 17.7. The maximum Gasteiger partial charge on any atom is 0.256 e. The van der Waals surface area contributed by atoms with Crippen molar-refractivity contribution in [2.75, 3.05) is 74.2 Å². The lowest BCUT2D eigenvalue weighted by Crippen LogP contribution is -2.35. The Labute approximate surface area is 627 Å². The second-order valence-corrected chi connectivity index (χ2v) is 27.0. The molecular formula is C79H83ClN12O10S3. The topological polar surface area (TPSA) is 330 Å². The van der Waals surface area contributed by atoms with Crippen LogP contribution in [0.2, 0.25) is 0 Å². The molecule has 26 heteroatoms. The lowest BCUT2D eigenvalue weighted by molar-refractivity contribution is -0.115. The molecule has 22 nitrogen and oxygen atoms in total. The minimum atomic E-state index is -0.188. The van der Waals surface area contributed by atoms with Crippen LogP contribution in [0, 0.1) is 27.7 Å². The van der Waals surface area contributed by atoms with Gasteiger partial charge in [-0.1, -0.05) is 52.0 Å². The summed E-state index contributed by atoms with van der Waals surface area (Å²) in [5.41, 5.74) is 23.2. The summed E-state index contributed by atoms with van der Waals surface area (Å²) in [5.74, 6) is 0.121. The van der Waals surface area contributed by atoms with Crippen LogP contribution in [0.25, 0.3) is 55.3 Å². The number of hydrogen-bond acceptors (Lipinski definition) is 17. The first-order chi connectivity index (χ1) is 50.4. The number of carbonyl (C=O) groups excluding carboxylic acids is 7. The third kappa shape index (κ3) is 20.1. The molecule has 544 valence electrons. The molecule has 4 aromatic heterocycles. The predicted octanol–water partition coefficient (Wildman–Crippen LogP) is 13.5. The number of thiazole rings is 2. The van der Waals surface area contributed by atoms with Gasteiger partial charge in [-0.15, -0.1) is 34.3 Å². The van der Waals surface area contributed by atoms with Gasteiger partial charge in [0.1, 0.15) is 32.3 Å². The lowest BCUT2D eigenvalue weighted by atomic mass is 10.0. The van der Waals surface area contributed by atoms with Crippen molar-refractivity contribution in [3.8, 4) is 60.9 Å². The molecular weight excluding hydrogens is 1410 g/mol. The van der Waals surface area contributed by atoms with E-state index in [0.29, 0.717) is 64.4 Å². The van der Waals surface area contributed by atoms with Gasteiger partial charge in [0.25, 0.3) is 17.7 Å². The zero-order valence-electron chi connectivity index (χ0n) is 59.4. The number of Topliss-reactive ketones (excluding diaryl/α,β-unsaturated/α-hetero) is 1. The molecule has 0 aliphatic carbocycles. The first kappa shape index (κ1) is 78.2. The molecule has 6 aromatic carbocycles. The van der Waals surface area contributed by atoms with Gasteiger partial charge in [-0.2, -0.15) is 0 Å². The number of H-pyrrole nitrogens is 2. The highest BCUT2D eigenvalue weighted by Crippen LogP contribution is 2.39. The predicted molar refractivity (Wildman–Crippen MR) is 422 cm³/mol. The second-order valence-electron chi connectivity index (χ2n) is 24.6. The number of phenols is 3. The van der Waals surface area contributed by atoms with E-state index in [4.69, 9.17) is 39.6 Å². The zero-order chi connectivity index (χ0) is 75.6. The molecule has 0 saturated heterocycles. The summed E-state index contributed by atoms with van der Waals surface area (Å²) in [6.45, 7) is 22.4. The van der Waals surface area contributed by atoms with Crippen molar-refractivity contribution in [1.82, 2.24) is 40.4 Å². The minimum absolute atomic E-state index is 0.0276. The van der Waals surface area contributed by atoms with Crippen LogP contribution < -0.4 is 32.3 Å². The lowest BCUT2D eigenvalue weighted by Gasteiger charge is -2.18. The van der Waals surface area contributed by atoms with Gasteiger partial charge in [-0.3, -0.25) is 33.6 Å². The van der Waals surface area contributed by atoms with Crippen LogP contribution in [-0.4, -0.2) is 150 Å². The molecule has 10 aromatic rings. The second kappa shape index (κ2) is 36.5. The van der Waals surface area contributed by atoms with E-state index in [-0.39, 0.29) is 58.4 Å². The molecule has 0 saturated carbocycles. The van der Waals surface area contributed by atoms with Crippen LogP contribution >= 0.6 is 46.5 Å². The Bertz CT molecular complexity index is 4860. The average molecular weight is 1490 g/mol. The van der Waals surface area contributed by atoms with Crippen molar-refractivity contribution >= 4 is 122 Å². The Morgan fingerprint density at radius 1 is 0.571 bits per heavy atom. The van der Waals surface area contributed by atoms with E-state index in [1.54, 1.807) is 91.9 Å². The molecule has 12 N–H and O–H groups in total. The number of hydrogen-bond donors (Lipinski definition) is 11. The number of aromatic hydroxyl groups is 3. The first-order valence-electron chi connectivity index (χ1n) is 34.0. The number of amides is 5. The van der Waals surface area contributed by atoms with Gasteiger partial charge in [0.15, 0.2) is 12.1 Å². The molecule has 0 spiro atoms. The third-order valence-corrected chi connectivity index (χ3v) is 20.0. The number of aldehydes is 1. The number of halogens is 1. The number of aryl methyl sites for hydroxylation is 2. The molecule has 0 unspecified atom stereocenters. The molecule has 3 aliphatic heterocycles. The summed E-state index contributed by atoms with van der Waals surface area (Å²) in [7, 11) is 0. The molecule has 3 aliphatic rings. The molecule has 7 heterocycles. The summed E-state index contributed by atoms with van der Waals surface area (Å²) in [4.78, 5) is 103. The van der Waals surface area contributed by atoms with Crippen molar-refractivity contribution in [2.24, 2.45) is 5.73 Å². The van der Waals surface area contributed by atoms with Crippen molar-refractivity contribution in [2.45, 2.75) is 68.2 Å². The summed E-state index contributed by atoms with van der Waals surface area (Å²) >= 11 is 13.2. The number of aromatic nitrogens is 4. The van der Waals surface area contributed by atoms with Gasteiger partial charge in [-0.05, 0) is 197 Å². The van der Waals surface area contributed by atoms with E-state index in [1.165, 1.54) is 11.3 Å². The zero-order valence-corrected chi connectivity index (χ0v) is 62.6. The highest BCUT2D eigenvalue weighted by atomic mass is 35.5. The normalized spacial score (nSPS) is 12.6. The van der Waals surface area contributed by atoms with E-state index in [9.17, 15) is 43.8 Å². The maximum absolute atomic E-state index is 13.0. The fraction of sp³-hybridized carbons (Fsp3) is 0.241. The number of alkyl halides is 1. The standard InChI is InChI=1S/C31H33N5O3S.C17H12N2O2S.C14H23N3O2.C10H8ClNO2.C7H7NOS/c1-5-36(6-2)14-13-32-30(39)28-18(3)26(33-19(28)4)16-24-23-15-21(9-12-25(23)34-29(24)38)27-17-40-31(35-27)20-7-10-22(37)11-8-20;20-13-4-1-10(2-5-13)17-19-15(9-22-17)11-3-6-14-12(7-11)8-16(21)18-14;1-5-17(6-2)8-7-15-14(19)13-10(3)12(9-18)16-11(13)4;11-5-9(13)6-1-2-8-7(3-6)4-10(14)12-8;8-7(10)5-1-3-6(9)4-2-5/h7-12,15-17,33,37H,5-6,13-14H2,1-4H3,(H,32,39)(H,34,38);1-7,9,20H,8H2,(H,18,21);9,16H,5-8H2,1-4H3,(H,15,19);1-3H,4-5H2,(H,12,14);1-4,9H,(H2,8,10)/b24-16-;;;;. The number of nitrogens with zero attached hydrogens (tertiary/aromatic N) is 4. The molecule has 13 rings (SSSR count). The Morgan fingerprint density at radius 2 is 0.990 bits per heavy atom. The number of likely N-dealkylation sites (N-methyl/N-ethyl adjacent to an activating group) is 2. The number of phenolic OH excluding ortho intramolecular Hbond substituents is 3.